The van der Waals surface area contributed by atoms with Crippen LogP contribution in [-0.4, -0.2) is 14.5 Å². The summed E-state index contributed by atoms with van der Waals surface area (Å²) >= 11 is 0. The van der Waals surface area contributed by atoms with Crippen LogP contribution in [0.25, 0.3) is 0 Å². The molecule has 0 radical (unpaired) electrons. The molecule has 29 heavy (non-hydrogen) atoms. The smallest absolute Gasteiger partial charge is 0.409 e. The third kappa shape index (κ3) is 6.22. The molecule has 1 amide bonds. The van der Waals surface area contributed by atoms with Crippen LogP contribution in [0.2, 0.25) is 0 Å². The fourth-order valence-corrected chi connectivity index (χ4v) is 3.49. The molecular formula is C22H29NO5S. The van der Waals surface area contributed by atoms with Gasteiger partial charge in [0.1, 0.15) is 11.5 Å². The van der Waals surface area contributed by atoms with Crippen LogP contribution in [0.1, 0.15) is 58.2 Å². The van der Waals surface area contributed by atoms with Crippen molar-refractivity contribution in [2.75, 3.05) is 0 Å². The number of para-hydroxylation sites is 1. The molecule has 2 aromatic rings. The van der Waals surface area contributed by atoms with Crippen LogP contribution >= 0.6 is 0 Å². The molecule has 0 aliphatic rings. The van der Waals surface area contributed by atoms with E-state index in [9.17, 15) is 13.2 Å². The first kappa shape index (κ1) is 22.7. The third-order valence-corrected chi connectivity index (χ3v) is 5.03. The van der Waals surface area contributed by atoms with Gasteiger partial charge in [0.2, 0.25) is 0 Å². The highest BCUT2D eigenvalue weighted by atomic mass is 32.2. The average molecular weight is 420 g/mol. The highest BCUT2D eigenvalue weighted by Gasteiger charge is 2.30. The molecule has 0 aliphatic carbocycles. The van der Waals surface area contributed by atoms with Crippen LogP contribution in [0.3, 0.4) is 0 Å². The minimum absolute atomic E-state index is 0.0916. The molecule has 6 nitrogen and oxygen atoms in total. The topological polar surface area (TPSA) is 81.7 Å². The summed E-state index contributed by atoms with van der Waals surface area (Å²) < 4.78 is 36.6. The number of hydrogen-bond acceptors (Lipinski definition) is 5. The Morgan fingerprint density at radius 1 is 0.897 bits per heavy atom. The molecule has 1 N–H and O–H groups in total. The van der Waals surface area contributed by atoms with E-state index in [2.05, 4.69) is 0 Å². The SMILES string of the molecule is Cc1cc(C(C)(C)C)c(OC(=O)NS(=O)(=O)Oc2ccccc2)c(C(C)(C)C)c1. The lowest BCUT2D eigenvalue weighted by Crippen LogP contribution is -2.37. The lowest BCUT2D eigenvalue weighted by molar-refractivity contribution is 0.204. The van der Waals surface area contributed by atoms with E-state index in [1.807, 2.05) is 65.3 Å². The van der Waals surface area contributed by atoms with Crippen molar-refractivity contribution in [1.82, 2.24) is 4.72 Å². The zero-order chi connectivity index (χ0) is 22.0. The monoisotopic (exact) mass is 419 g/mol. The highest BCUT2D eigenvalue weighted by Crippen LogP contribution is 2.40. The van der Waals surface area contributed by atoms with Gasteiger partial charge in [-0.1, -0.05) is 77.4 Å². The van der Waals surface area contributed by atoms with Crippen molar-refractivity contribution < 1.29 is 22.1 Å². The summed E-state index contributed by atoms with van der Waals surface area (Å²) in [6.45, 7) is 14.0. The number of amides is 1. The maximum Gasteiger partial charge on any atom is 0.429 e. The van der Waals surface area contributed by atoms with Gasteiger partial charge in [-0.05, 0) is 29.9 Å². The predicted octanol–water partition coefficient (Wildman–Crippen LogP) is 5.00. The third-order valence-electron chi connectivity index (χ3n) is 4.20. The number of carbonyl (C=O) groups excluding carboxylic acids is 1. The van der Waals surface area contributed by atoms with E-state index in [4.69, 9.17) is 8.92 Å². The van der Waals surface area contributed by atoms with Gasteiger partial charge in [0.15, 0.2) is 0 Å². The second kappa shape index (κ2) is 8.06. The molecule has 2 rings (SSSR count). The summed E-state index contributed by atoms with van der Waals surface area (Å²) in [6, 6.07) is 11.8. The first-order chi connectivity index (χ1) is 13.2. The van der Waals surface area contributed by atoms with Crippen LogP contribution in [-0.2, 0) is 21.1 Å². The standard InChI is InChI=1S/C22H29NO5S/c1-15-13-17(21(2,3)4)19(18(14-15)22(5,6)7)27-20(24)23-29(25,26)28-16-11-9-8-10-12-16/h8-14H,1-7H3,(H,23,24). The highest BCUT2D eigenvalue weighted by molar-refractivity contribution is 7.85. The van der Waals surface area contributed by atoms with Crippen molar-refractivity contribution >= 4 is 16.4 Å². The normalized spacial score (nSPS) is 12.4. The number of rotatable bonds is 4. The first-order valence-corrected chi connectivity index (χ1v) is 10.7. The summed E-state index contributed by atoms with van der Waals surface area (Å²) in [7, 11) is -4.38. The molecule has 0 saturated heterocycles. The van der Waals surface area contributed by atoms with Gasteiger partial charge >= 0.3 is 16.4 Å². The number of ether oxygens (including phenoxy) is 1. The van der Waals surface area contributed by atoms with E-state index in [1.165, 1.54) is 12.1 Å². The number of nitrogens with one attached hydrogen (secondary N) is 1. The second-order valence-electron chi connectivity index (χ2n) is 9.03. The predicted molar refractivity (Wildman–Crippen MR) is 114 cm³/mol. The van der Waals surface area contributed by atoms with Crippen LogP contribution < -0.4 is 13.6 Å². The van der Waals surface area contributed by atoms with Gasteiger partial charge < -0.3 is 8.92 Å². The van der Waals surface area contributed by atoms with Gasteiger partial charge in [0.05, 0.1) is 0 Å². The quantitative estimate of drug-likeness (QED) is 0.754. The fourth-order valence-electron chi connectivity index (χ4n) is 2.84. The summed E-state index contributed by atoms with van der Waals surface area (Å²) in [4.78, 5) is 12.5. The van der Waals surface area contributed by atoms with Crippen molar-refractivity contribution in [2.24, 2.45) is 0 Å². The van der Waals surface area contributed by atoms with Crippen LogP contribution in [0, 0.1) is 6.92 Å². The summed E-state index contributed by atoms with van der Waals surface area (Å²) in [5.41, 5.74) is 2.03. The molecule has 0 atom stereocenters. The zero-order valence-electron chi connectivity index (χ0n) is 18.0. The maximum atomic E-state index is 12.5. The number of carbonyl (C=O) groups is 1. The zero-order valence-corrected chi connectivity index (χ0v) is 18.8. The molecule has 0 spiro atoms. The molecular weight excluding hydrogens is 390 g/mol. The Hall–Kier alpha value is -2.54. The van der Waals surface area contributed by atoms with Gasteiger partial charge in [-0.15, -0.1) is 0 Å². The molecule has 0 aromatic heterocycles. The maximum absolute atomic E-state index is 12.5. The lowest BCUT2D eigenvalue weighted by atomic mass is 9.78. The molecule has 0 bridgehead atoms. The largest absolute Gasteiger partial charge is 0.429 e. The van der Waals surface area contributed by atoms with E-state index in [0.29, 0.717) is 5.75 Å². The number of hydrogen-bond donors (Lipinski definition) is 1. The van der Waals surface area contributed by atoms with E-state index < -0.39 is 16.4 Å². The van der Waals surface area contributed by atoms with E-state index >= 15 is 0 Å². The molecule has 158 valence electrons. The Balaban J connectivity index is 2.36. The number of benzene rings is 2. The average Bonchev–Trinajstić information content (AvgIpc) is 2.54. The van der Waals surface area contributed by atoms with Crippen molar-refractivity contribution in [3.05, 3.63) is 59.2 Å². The second-order valence-corrected chi connectivity index (χ2v) is 10.3. The molecule has 0 unspecified atom stereocenters. The summed E-state index contributed by atoms with van der Waals surface area (Å²) in [5, 5.41) is 0. The molecule has 0 saturated carbocycles. The Bertz CT molecular complexity index is 949. The van der Waals surface area contributed by atoms with Gasteiger partial charge in [-0.3, -0.25) is 0 Å². The molecule has 0 heterocycles. The Morgan fingerprint density at radius 3 is 1.83 bits per heavy atom. The van der Waals surface area contributed by atoms with Crippen molar-refractivity contribution in [3.63, 3.8) is 0 Å². The van der Waals surface area contributed by atoms with Crippen LogP contribution in [0.5, 0.6) is 11.5 Å². The molecule has 7 heteroatoms. The van der Waals surface area contributed by atoms with E-state index in [1.54, 1.807) is 18.2 Å². The van der Waals surface area contributed by atoms with Crippen molar-refractivity contribution in [2.45, 2.75) is 59.3 Å². The van der Waals surface area contributed by atoms with E-state index in [0.717, 1.165) is 16.7 Å². The van der Waals surface area contributed by atoms with Crippen molar-refractivity contribution in [3.8, 4) is 11.5 Å². The fraction of sp³-hybridized carbons (Fsp3) is 0.409. The van der Waals surface area contributed by atoms with Gasteiger partial charge in [-0.2, -0.15) is 13.1 Å². The summed E-state index contributed by atoms with van der Waals surface area (Å²) in [5.74, 6) is 0.455. The Kier molecular flexibility index (Phi) is 6.33. The van der Waals surface area contributed by atoms with Crippen LogP contribution in [0.15, 0.2) is 42.5 Å². The minimum atomic E-state index is -4.38. The molecule has 0 aliphatic heterocycles. The minimum Gasteiger partial charge on any atom is -0.409 e. The summed E-state index contributed by atoms with van der Waals surface area (Å²) in [6.07, 6.45) is -1.12. The molecule has 2 aromatic carbocycles. The Morgan fingerprint density at radius 2 is 1.38 bits per heavy atom. The van der Waals surface area contributed by atoms with Gasteiger partial charge in [0.25, 0.3) is 0 Å². The lowest BCUT2D eigenvalue weighted by Gasteiger charge is -2.29. The van der Waals surface area contributed by atoms with Gasteiger partial charge in [-0.25, -0.2) is 4.79 Å². The molecule has 0 fully saturated rings. The first-order valence-electron chi connectivity index (χ1n) is 9.34. The van der Waals surface area contributed by atoms with Crippen molar-refractivity contribution in [1.29, 1.82) is 0 Å². The Labute approximate surface area is 173 Å². The van der Waals surface area contributed by atoms with Gasteiger partial charge in [0, 0.05) is 11.1 Å². The van der Waals surface area contributed by atoms with Crippen LogP contribution in [0.4, 0.5) is 4.79 Å². The van der Waals surface area contributed by atoms with E-state index in [-0.39, 0.29) is 16.6 Å². The number of aryl methyl sites for hydroxylation is 1.